The van der Waals surface area contributed by atoms with E-state index in [2.05, 4.69) is 0 Å². The number of halogens is 1. The Labute approximate surface area is 158 Å². The van der Waals surface area contributed by atoms with E-state index in [0.717, 1.165) is 0 Å². The first kappa shape index (κ1) is 19.8. The number of nitriles is 2. The van der Waals surface area contributed by atoms with Gasteiger partial charge in [0.1, 0.15) is 0 Å². The molecule has 0 atom stereocenters. The average Bonchev–Trinajstić information content (AvgIpc) is 2.68. The molecule has 136 valence electrons. The zero-order chi connectivity index (χ0) is 18.9. The summed E-state index contributed by atoms with van der Waals surface area (Å²) in [5.41, 5.74) is 0.587. The van der Waals surface area contributed by atoms with E-state index < -0.39 is 0 Å². The van der Waals surface area contributed by atoms with Crippen LogP contribution in [0.15, 0.2) is 24.3 Å². The highest BCUT2D eigenvalue weighted by molar-refractivity contribution is 6.30. The summed E-state index contributed by atoms with van der Waals surface area (Å²) in [5.74, 6) is -0.242. The molecule has 0 spiro atoms. The lowest BCUT2D eigenvalue weighted by atomic mass is 9.94. The van der Waals surface area contributed by atoms with Crippen molar-refractivity contribution in [2.24, 2.45) is 5.92 Å². The zero-order valence-corrected chi connectivity index (χ0v) is 15.3. The van der Waals surface area contributed by atoms with Gasteiger partial charge in [0, 0.05) is 42.7 Å². The third-order valence-corrected chi connectivity index (χ3v) is 4.77. The number of rotatable bonds is 6. The molecule has 1 aliphatic heterocycles. The number of likely N-dealkylation sites (tertiary alicyclic amines) is 1. The molecule has 0 bridgehead atoms. The lowest BCUT2D eigenvalue weighted by Crippen LogP contribution is -2.45. The van der Waals surface area contributed by atoms with E-state index in [1.54, 1.807) is 34.1 Å². The van der Waals surface area contributed by atoms with Gasteiger partial charge in [-0.3, -0.25) is 9.59 Å². The third kappa shape index (κ3) is 5.21. The van der Waals surface area contributed by atoms with Crippen molar-refractivity contribution in [2.75, 3.05) is 26.2 Å². The highest BCUT2D eigenvalue weighted by Crippen LogP contribution is 2.22. The maximum Gasteiger partial charge on any atom is 0.253 e. The number of benzene rings is 1. The van der Waals surface area contributed by atoms with Crippen LogP contribution in [0.4, 0.5) is 0 Å². The SMILES string of the molecule is N#CCCN(CCC#N)C(=O)C1CCN(C(=O)c2ccc(Cl)cc2)CC1. The third-order valence-electron chi connectivity index (χ3n) is 4.52. The molecule has 1 heterocycles. The van der Waals surface area contributed by atoms with Crippen LogP contribution >= 0.6 is 11.6 Å². The van der Waals surface area contributed by atoms with Crippen molar-refractivity contribution >= 4 is 23.4 Å². The van der Waals surface area contributed by atoms with Crippen LogP contribution in [-0.4, -0.2) is 47.8 Å². The molecule has 1 aromatic rings. The van der Waals surface area contributed by atoms with E-state index in [4.69, 9.17) is 22.1 Å². The van der Waals surface area contributed by atoms with Gasteiger partial charge >= 0.3 is 0 Å². The molecule has 0 saturated carbocycles. The predicted octanol–water partition coefficient (Wildman–Crippen LogP) is 2.85. The molecular formula is C19H21ClN4O2. The average molecular weight is 373 g/mol. The van der Waals surface area contributed by atoms with Crippen LogP contribution in [0.25, 0.3) is 0 Å². The fraction of sp³-hybridized carbons (Fsp3) is 0.474. The molecule has 26 heavy (non-hydrogen) atoms. The van der Waals surface area contributed by atoms with E-state index in [0.29, 0.717) is 49.6 Å². The van der Waals surface area contributed by atoms with Crippen molar-refractivity contribution in [1.82, 2.24) is 9.80 Å². The molecule has 0 aromatic heterocycles. The maximum atomic E-state index is 12.7. The fourth-order valence-corrected chi connectivity index (χ4v) is 3.19. The number of hydrogen-bond donors (Lipinski definition) is 0. The van der Waals surface area contributed by atoms with Crippen LogP contribution in [0.5, 0.6) is 0 Å². The Hall–Kier alpha value is -2.57. The second-order valence-electron chi connectivity index (χ2n) is 6.21. The monoisotopic (exact) mass is 372 g/mol. The Morgan fingerprint density at radius 1 is 1.08 bits per heavy atom. The van der Waals surface area contributed by atoms with Crippen LogP contribution in [-0.2, 0) is 4.79 Å². The minimum Gasteiger partial charge on any atom is -0.340 e. The van der Waals surface area contributed by atoms with Gasteiger partial charge in [-0.05, 0) is 37.1 Å². The molecule has 0 unspecified atom stereocenters. The second-order valence-corrected chi connectivity index (χ2v) is 6.65. The normalized spacial score (nSPS) is 14.3. The minimum atomic E-state index is -0.165. The second kappa shape index (κ2) is 9.79. The molecule has 7 heteroatoms. The van der Waals surface area contributed by atoms with Gasteiger partial charge in [0.25, 0.3) is 5.91 Å². The van der Waals surface area contributed by atoms with E-state index in [9.17, 15) is 9.59 Å². The van der Waals surface area contributed by atoms with Crippen LogP contribution in [0.1, 0.15) is 36.0 Å². The largest absolute Gasteiger partial charge is 0.340 e. The van der Waals surface area contributed by atoms with E-state index in [1.807, 2.05) is 12.1 Å². The summed E-state index contributed by atoms with van der Waals surface area (Å²) >= 11 is 5.85. The minimum absolute atomic E-state index is 0.0194. The van der Waals surface area contributed by atoms with Crippen molar-refractivity contribution < 1.29 is 9.59 Å². The van der Waals surface area contributed by atoms with Crippen LogP contribution in [0, 0.1) is 28.6 Å². The standard InChI is InChI=1S/C19H21ClN4O2/c20-17-5-3-15(4-6-17)18(25)24-13-7-16(8-14-24)19(26)23(11-1-9-21)12-2-10-22/h3-6,16H,1-2,7-8,11-14H2. The van der Waals surface area contributed by atoms with Gasteiger partial charge < -0.3 is 9.80 Å². The first-order valence-electron chi connectivity index (χ1n) is 8.64. The van der Waals surface area contributed by atoms with Crippen molar-refractivity contribution in [2.45, 2.75) is 25.7 Å². The summed E-state index contributed by atoms with van der Waals surface area (Å²) in [5, 5.41) is 18.1. The topological polar surface area (TPSA) is 88.2 Å². The Kier molecular flexibility index (Phi) is 7.44. The Bertz CT molecular complexity index is 695. The van der Waals surface area contributed by atoms with Crippen molar-refractivity contribution in [3.63, 3.8) is 0 Å². The van der Waals surface area contributed by atoms with Gasteiger partial charge in [-0.1, -0.05) is 11.6 Å². The van der Waals surface area contributed by atoms with Gasteiger partial charge in [0.05, 0.1) is 25.0 Å². The highest BCUT2D eigenvalue weighted by Gasteiger charge is 2.30. The molecule has 1 aromatic carbocycles. The molecule has 6 nitrogen and oxygen atoms in total. The smallest absolute Gasteiger partial charge is 0.253 e. The lowest BCUT2D eigenvalue weighted by molar-refractivity contribution is -0.136. The summed E-state index contributed by atoms with van der Waals surface area (Å²) in [7, 11) is 0. The number of amides is 2. The summed E-state index contributed by atoms with van der Waals surface area (Å²) in [6, 6.07) is 10.9. The molecule has 1 fully saturated rings. The molecule has 0 aliphatic carbocycles. The van der Waals surface area contributed by atoms with Gasteiger partial charge in [-0.15, -0.1) is 0 Å². The number of hydrogen-bond acceptors (Lipinski definition) is 4. The number of nitrogens with zero attached hydrogens (tertiary/aromatic N) is 4. The molecule has 0 N–H and O–H groups in total. The van der Waals surface area contributed by atoms with Crippen LogP contribution in [0.3, 0.4) is 0 Å². The maximum absolute atomic E-state index is 12.7. The van der Waals surface area contributed by atoms with E-state index >= 15 is 0 Å². The molecule has 2 amide bonds. The van der Waals surface area contributed by atoms with Gasteiger partial charge in [-0.25, -0.2) is 0 Å². The fourth-order valence-electron chi connectivity index (χ4n) is 3.06. The summed E-state index contributed by atoms with van der Waals surface area (Å²) in [6.07, 6.45) is 1.69. The number of carbonyl (C=O) groups is 2. The molecule has 1 aliphatic rings. The molecule has 0 radical (unpaired) electrons. The van der Waals surface area contributed by atoms with Crippen molar-refractivity contribution in [1.29, 1.82) is 10.5 Å². The Balaban J connectivity index is 1.92. The van der Waals surface area contributed by atoms with Gasteiger partial charge in [0.2, 0.25) is 5.91 Å². The van der Waals surface area contributed by atoms with Gasteiger partial charge in [-0.2, -0.15) is 10.5 Å². The summed E-state index contributed by atoms with van der Waals surface area (Å²) in [4.78, 5) is 28.6. The quantitative estimate of drug-likeness (QED) is 0.768. The van der Waals surface area contributed by atoms with Crippen LogP contribution < -0.4 is 0 Å². The Morgan fingerprint density at radius 3 is 2.12 bits per heavy atom. The zero-order valence-electron chi connectivity index (χ0n) is 14.5. The summed E-state index contributed by atoms with van der Waals surface area (Å²) in [6.45, 7) is 1.73. The molecular weight excluding hydrogens is 352 g/mol. The highest BCUT2D eigenvalue weighted by atomic mass is 35.5. The molecule has 2 rings (SSSR count). The number of carbonyl (C=O) groups excluding carboxylic acids is 2. The van der Waals surface area contributed by atoms with E-state index in [-0.39, 0.29) is 30.6 Å². The van der Waals surface area contributed by atoms with Crippen molar-refractivity contribution in [3.05, 3.63) is 34.9 Å². The lowest BCUT2D eigenvalue weighted by Gasteiger charge is -2.34. The van der Waals surface area contributed by atoms with Gasteiger partial charge in [0.15, 0.2) is 0 Å². The number of piperidine rings is 1. The molecule has 1 saturated heterocycles. The predicted molar refractivity (Wildman–Crippen MR) is 97.1 cm³/mol. The Morgan fingerprint density at radius 2 is 1.62 bits per heavy atom. The van der Waals surface area contributed by atoms with E-state index in [1.165, 1.54) is 0 Å². The first-order valence-corrected chi connectivity index (χ1v) is 9.02. The summed E-state index contributed by atoms with van der Waals surface area (Å²) < 4.78 is 0. The first-order chi connectivity index (χ1) is 12.6. The van der Waals surface area contributed by atoms with Crippen molar-refractivity contribution in [3.8, 4) is 12.1 Å². The van der Waals surface area contributed by atoms with Crippen LogP contribution in [0.2, 0.25) is 5.02 Å².